The fourth-order valence-corrected chi connectivity index (χ4v) is 0.694. The van der Waals surface area contributed by atoms with Crippen molar-refractivity contribution in [2.45, 2.75) is 19.9 Å². The second kappa shape index (κ2) is 1.99. The summed E-state index contributed by atoms with van der Waals surface area (Å²) in [6, 6.07) is 0.358. The molecule has 8 heavy (non-hydrogen) atoms. The molecule has 1 N–H and O–H groups in total. The Hall–Kier alpha value is -0.790. The van der Waals surface area contributed by atoms with Gasteiger partial charge in [0, 0.05) is 6.20 Å². The van der Waals surface area contributed by atoms with Gasteiger partial charge in [-0.1, -0.05) is 0 Å². The molecule has 1 heterocycles. The first-order valence-electron chi connectivity index (χ1n) is 2.76. The maximum absolute atomic E-state index is 4.20. The number of amidine groups is 1. The molecule has 1 aliphatic rings. The van der Waals surface area contributed by atoms with E-state index in [4.69, 9.17) is 0 Å². The minimum atomic E-state index is 0.358. The predicted molar refractivity (Wildman–Crippen MR) is 34.8 cm³/mol. The van der Waals surface area contributed by atoms with E-state index in [0.29, 0.717) is 6.04 Å². The van der Waals surface area contributed by atoms with Gasteiger partial charge in [0.1, 0.15) is 0 Å². The highest BCUT2D eigenvalue weighted by atomic mass is 15.0. The van der Waals surface area contributed by atoms with Gasteiger partial charge >= 0.3 is 0 Å². The highest BCUT2D eigenvalue weighted by molar-refractivity contribution is 5.81. The summed E-state index contributed by atoms with van der Waals surface area (Å²) in [5.41, 5.74) is 0. The van der Waals surface area contributed by atoms with Crippen LogP contribution in [0.1, 0.15) is 13.8 Å². The van der Waals surface area contributed by atoms with Crippen LogP contribution < -0.4 is 5.32 Å². The van der Waals surface area contributed by atoms with Crippen molar-refractivity contribution in [3.05, 3.63) is 12.3 Å². The molecule has 0 spiro atoms. The third-order valence-corrected chi connectivity index (χ3v) is 1.06. The Labute approximate surface area is 49.3 Å². The molecule has 0 radical (unpaired) electrons. The van der Waals surface area contributed by atoms with Gasteiger partial charge in [-0.05, 0) is 19.9 Å². The second-order valence-corrected chi connectivity index (χ2v) is 1.96. The molecule has 0 aromatic carbocycles. The number of aliphatic imine (C=N–C) groups is 1. The van der Waals surface area contributed by atoms with Crippen LogP contribution in [0.4, 0.5) is 0 Å². The van der Waals surface area contributed by atoms with Gasteiger partial charge in [-0.3, -0.25) is 4.99 Å². The molecule has 0 aliphatic carbocycles. The Morgan fingerprint density at radius 1 is 1.75 bits per heavy atom. The molecule has 0 saturated carbocycles. The lowest BCUT2D eigenvalue weighted by molar-refractivity contribution is 0.882. The van der Waals surface area contributed by atoms with Gasteiger partial charge in [-0.25, -0.2) is 0 Å². The van der Waals surface area contributed by atoms with Crippen LogP contribution in [0.3, 0.4) is 0 Å². The molecule has 0 unspecified atom stereocenters. The molecule has 0 fully saturated rings. The van der Waals surface area contributed by atoms with Gasteiger partial charge in [-0.15, -0.1) is 0 Å². The molecular weight excluding hydrogens is 100 g/mol. The molecule has 1 aliphatic heterocycles. The highest BCUT2D eigenvalue weighted by Gasteiger charge is 1.97. The van der Waals surface area contributed by atoms with E-state index in [1.54, 1.807) is 0 Å². The summed E-state index contributed by atoms with van der Waals surface area (Å²) in [5.74, 6) is 1.00. The molecule has 0 saturated heterocycles. The number of nitrogens with one attached hydrogen (secondary N) is 1. The van der Waals surface area contributed by atoms with Crippen LogP contribution in [0.2, 0.25) is 0 Å². The highest BCUT2D eigenvalue weighted by Crippen LogP contribution is 1.95. The molecular formula is C6H10N2. The average molecular weight is 110 g/mol. The molecule has 2 nitrogen and oxygen atoms in total. The summed E-state index contributed by atoms with van der Waals surface area (Å²) in [6.45, 7) is 4.01. The lowest BCUT2D eigenvalue weighted by Crippen LogP contribution is -2.19. The fourth-order valence-electron chi connectivity index (χ4n) is 0.694. The number of nitrogens with zero attached hydrogens (tertiary/aromatic N) is 1. The smallest absolute Gasteiger partial charge is 0.0978 e. The van der Waals surface area contributed by atoms with Crippen LogP contribution >= 0.6 is 0 Å². The Morgan fingerprint density at radius 3 is 2.88 bits per heavy atom. The van der Waals surface area contributed by atoms with Gasteiger partial charge in [0.2, 0.25) is 0 Å². The second-order valence-electron chi connectivity index (χ2n) is 1.96. The summed E-state index contributed by atoms with van der Waals surface area (Å²) in [5, 5.41) is 2.98. The average Bonchev–Trinajstić information content (AvgIpc) is 1.64. The predicted octanol–water partition coefficient (Wildman–Crippen LogP) is 0.910. The SMILES string of the molecule is CC1=N[C@@H](C)C=CN1. The summed E-state index contributed by atoms with van der Waals surface area (Å²) < 4.78 is 0. The van der Waals surface area contributed by atoms with Gasteiger partial charge < -0.3 is 5.32 Å². The first-order valence-corrected chi connectivity index (χ1v) is 2.76. The van der Waals surface area contributed by atoms with Crippen LogP contribution in [0, 0.1) is 0 Å². The quantitative estimate of drug-likeness (QED) is 0.492. The molecule has 44 valence electrons. The van der Waals surface area contributed by atoms with Gasteiger partial charge in [0.05, 0.1) is 11.9 Å². The molecule has 1 rings (SSSR count). The third kappa shape index (κ3) is 1.09. The maximum atomic E-state index is 4.20. The zero-order valence-corrected chi connectivity index (χ0v) is 5.18. The van der Waals surface area contributed by atoms with Crippen molar-refractivity contribution in [1.82, 2.24) is 5.32 Å². The molecule has 0 aromatic rings. The van der Waals surface area contributed by atoms with E-state index in [2.05, 4.69) is 17.2 Å². The topological polar surface area (TPSA) is 24.4 Å². The Kier molecular flexibility index (Phi) is 1.33. The number of hydrogen-bond donors (Lipinski definition) is 1. The molecule has 1 atom stereocenters. The standard InChI is InChI=1S/C6H10N2/c1-5-3-4-7-6(2)8-5/h3-5H,1-2H3,(H,7,8)/t5-/m0/s1. The fraction of sp³-hybridized carbons (Fsp3) is 0.500. The van der Waals surface area contributed by atoms with Crippen LogP contribution in [-0.2, 0) is 0 Å². The van der Waals surface area contributed by atoms with Crippen molar-refractivity contribution in [2.75, 3.05) is 0 Å². The monoisotopic (exact) mass is 110 g/mol. The van der Waals surface area contributed by atoms with Crippen LogP contribution in [0.25, 0.3) is 0 Å². The maximum Gasteiger partial charge on any atom is 0.0978 e. The van der Waals surface area contributed by atoms with Gasteiger partial charge in [0.25, 0.3) is 0 Å². The largest absolute Gasteiger partial charge is 0.351 e. The Bertz CT molecular complexity index is 135. The van der Waals surface area contributed by atoms with Crippen molar-refractivity contribution in [3.63, 3.8) is 0 Å². The number of rotatable bonds is 0. The van der Waals surface area contributed by atoms with E-state index in [1.807, 2.05) is 19.2 Å². The zero-order chi connectivity index (χ0) is 5.98. The minimum absolute atomic E-state index is 0.358. The van der Waals surface area contributed by atoms with Crippen molar-refractivity contribution < 1.29 is 0 Å². The Morgan fingerprint density at radius 2 is 2.50 bits per heavy atom. The summed E-state index contributed by atoms with van der Waals surface area (Å²) in [4.78, 5) is 4.20. The Balaban J connectivity index is 2.60. The van der Waals surface area contributed by atoms with Gasteiger partial charge in [-0.2, -0.15) is 0 Å². The lowest BCUT2D eigenvalue weighted by atomic mass is 10.3. The van der Waals surface area contributed by atoms with Crippen molar-refractivity contribution >= 4 is 5.84 Å². The summed E-state index contributed by atoms with van der Waals surface area (Å²) in [6.07, 6.45) is 3.94. The summed E-state index contributed by atoms with van der Waals surface area (Å²) in [7, 11) is 0. The van der Waals surface area contributed by atoms with Crippen LogP contribution in [-0.4, -0.2) is 11.9 Å². The first-order chi connectivity index (χ1) is 3.79. The van der Waals surface area contributed by atoms with Crippen LogP contribution in [0.15, 0.2) is 17.3 Å². The first kappa shape index (κ1) is 5.35. The lowest BCUT2D eigenvalue weighted by Gasteiger charge is -2.08. The van der Waals surface area contributed by atoms with Gasteiger partial charge in [0.15, 0.2) is 0 Å². The van der Waals surface area contributed by atoms with E-state index in [9.17, 15) is 0 Å². The van der Waals surface area contributed by atoms with E-state index in [1.165, 1.54) is 0 Å². The van der Waals surface area contributed by atoms with E-state index >= 15 is 0 Å². The summed E-state index contributed by atoms with van der Waals surface area (Å²) >= 11 is 0. The normalized spacial score (nSPS) is 26.8. The molecule has 2 heteroatoms. The van der Waals surface area contributed by atoms with Crippen molar-refractivity contribution in [1.29, 1.82) is 0 Å². The molecule has 0 bridgehead atoms. The van der Waals surface area contributed by atoms with E-state index in [-0.39, 0.29) is 0 Å². The van der Waals surface area contributed by atoms with E-state index < -0.39 is 0 Å². The third-order valence-electron chi connectivity index (χ3n) is 1.06. The number of hydrogen-bond acceptors (Lipinski definition) is 2. The zero-order valence-electron chi connectivity index (χ0n) is 5.18. The minimum Gasteiger partial charge on any atom is -0.351 e. The van der Waals surface area contributed by atoms with Crippen molar-refractivity contribution in [2.24, 2.45) is 4.99 Å². The van der Waals surface area contributed by atoms with Crippen LogP contribution in [0.5, 0.6) is 0 Å². The molecule has 0 aromatic heterocycles. The van der Waals surface area contributed by atoms with E-state index in [0.717, 1.165) is 5.84 Å². The van der Waals surface area contributed by atoms with Crippen molar-refractivity contribution in [3.8, 4) is 0 Å². The molecule has 0 amide bonds.